The van der Waals surface area contributed by atoms with Gasteiger partial charge in [-0.2, -0.15) is 0 Å². The number of imidazole rings is 1. The number of rotatable bonds is 5. The lowest BCUT2D eigenvalue weighted by Gasteiger charge is -2.10. The molecule has 5 heteroatoms. The van der Waals surface area contributed by atoms with Gasteiger partial charge >= 0.3 is 0 Å². The third kappa shape index (κ3) is 3.55. The van der Waals surface area contributed by atoms with Gasteiger partial charge in [-0.05, 0) is 30.5 Å². The number of ether oxygens (including phenoxy) is 1. The van der Waals surface area contributed by atoms with Crippen LogP contribution in [0.25, 0.3) is 11.0 Å². The van der Waals surface area contributed by atoms with E-state index in [9.17, 15) is 4.79 Å². The minimum atomic E-state index is 0.0415. The van der Waals surface area contributed by atoms with Crippen LogP contribution in [0.15, 0.2) is 18.2 Å². The summed E-state index contributed by atoms with van der Waals surface area (Å²) < 4.78 is 7.65. The third-order valence-electron chi connectivity index (χ3n) is 4.41. The van der Waals surface area contributed by atoms with E-state index in [1.807, 2.05) is 19.2 Å². The highest BCUT2D eigenvalue weighted by Crippen LogP contribution is 2.21. The Labute approximate surface area is 137 Å². The molecular formula is C18H25N3O2. The van der Waals surface area contributed by atoms with E-state index in [1.54, 1.807) is 0 Å². The number of aryl methyl sites for hydroxylation is 1. The Morgan fingerprint density at radius 1 is 1.48 bits per heavy atom. The zero-order valence-electron chi connectivity index (χ0n) is 14.1. The Hall–Kier alpha value is -1.88. The third-order valence-corrected chi connectivity index (χ3v) is 4.41. The second-order valence-electron chi connectivity index (χ2n) is 6.62. The summed E-state index contributed by atoms with van der Waals surface area (Å²) in [6.45, 7) is 5.71. The molecule has 1 atom stereocenters. The Morgan fingerprint density at radius 2 is 2.30 bits per heavy atom. The van der Waals surface area contributed by atoms with E-state index in [1.165, 1.54) is 0 Å². The van der Waals surface area contributed by atoms with Crippen molar-refractivity contribution in [1.82, 2.24) is 14.9 Å². The molecule has 124 valence electrons. The molecule has 1 amide bonds. The highest BCUT2D eigenvalue weighted by Gasteiger charge is 2.16. The molecule has 1 N–H and O–H groups in total. The van der Waals surface area contributed by atoms with E-state index >= 15 is 0 Å². The molecule has 2 aromatic rings. The summed E-state index contributed by atoms with van der Waals surface area (Å²) in [6, 6.07) is 6.09. The average Bonchev–Trinajstić information content (AvgIpc) is 3.13. The molecule has 1 aliphatic rings. The zero-order chi connectivity index (χ0) is 16.4. The number of fused-ring (bicyclic) bond motifs is 1. The Morgan fingerprint density at radius 3 is 3.00 bits per heavy atom. The van der Waals surface area contributed by atoms with Crippen LogP contribution in [0.2, 0.25) is 0 Å². The van der Waals surface area contributed by atoms with Crippen LogP contribution < -0.4 is 5.32 Å². The standard InChI is InChI=1S/C18H25N3O2/c1-12(2)18-20-15-9-13(6-7-16(15)21(18)3)10-17(22)19-11-14-5-4-8-23-14/h6-7,9,12,14H,4-5,8,10-11H2,1-3H3,(H,19,22). The number of carbonyl (C=O) groups excluding carboxylic acids is 1. The molecule has 2 heterocycles. The molecule has 0 saturated carbocycles. The van der Waals surface area contributed by atoms with Crippen molar-refractivity contribution in [1.29, 1.82) is 0 Å². The molecule has 0 radical (unpaired) electrons. The summed E-state index contributed by atoms with van der Waals surface area (Å²) in [5, 5.41) is 2.97. The number of hydrogen-bond donors (Lipinski definition) is 1. The van der Waals surface area contributed by atoms with Crippen LogP contribution in [0.5, 0.6) is 0 Å². The molecule has 1 saturated heterocycles. The Balaban J connectivity index is 1.66. The van der Waals surface area contributed by atoms with Crippen LogP contribution in [-0.4, -0.2) is 34.7 Å². The average molecular weight is 315 g/mol. The molecule has 0 aliphatic carbocycles. The van der Waals surface area contributed by atoms with Crippen molar-refractivity contribution in [3.05, 3.63) is 29.6 Å². The quantitative estimate of drug-likeness (QED) is 0.922. The second-order valence-corrected chi connectivity index (χ2v) is 6.62. The van der Waals surface area contributed by atoms with E-state index in [0.29, 0.717) is 18.9 Å². The van der Waals surface area contributed by atoms with Gasteiger partial charge in [-0.3, -0.25) is 4.79 Å². The maximum atomic E-state index is 12.1. The molecule has 5 nitrogen and oxygen atoms in total. The van der Waals surface area contributed by atoms with Crippen molar-refractivity contribution in [3.63, 3.8) is 0 Å². The van der Waals surface area contributed by atoms with Crippen molar-refractivity contribution < 1.29 is 9.53 Å². The fourth-order valence-corrected chi connectivity index (χ4v) is 3.17. The van der Waals surface area contributed by atoms with Crippen molar-refractivity contribution in [2.45, 2.75) is 45.1 Å². The SMILES string of the molecule is CC(C)c1nc2cc(CC(=O)NCC3CCCO3)ccc2n1C. The lowest BCUT2D eigenvalue weighted by atomic mass is 10.1. The molecule has 1 aromatic heterocycles. The monoisotopic (exact) mass is 315 g/mol. The zero-order valence-corrected chi connectivity index (χ0v) is 14.1. The van der Waals surface area contributed by atoms with E-state index in [-0.39, 0.29) is 12.0 Å². The van der Waals surface area contributed by atoms with Gasteiger partial charge in [0.1, 0.15) is 5.82 Å². The van der Waals surface area contributed by atoms with Crippen molar-refractivity contribution in [3.8, 4) is 0 Å². The molecule has 1 aliphatic heterocycles. The maximum absolute atomic E-state index is 12.1. The van der Waals surface area contributed by atoms with Gasteiger partial charge in [-0.15, -0.1) is 0 Å². The first kappa shape index (κ1) is 16.0. The van der Waals surface area contributed by atoms with Gasteiger partial charge in [0, 0.05) is 26.1 Å². The molecule has 1 aromatic carbocycles. The van der Waals surface area contributed by atoms with Crippen LogP contribution in [-0.2, 0) is 23.0 Å². The molecular weight excluding hydrogens is 290 g/mol. The van der Waals surface area contributed by atoms with Gasteiger partial charge in [-0.1, -0.05) is 19.9 Å². The Bertz CT molecular complexity index is 700. The molecule has 0 bridgehead atoms. The van der Waals surface area contributed by atoms with Gasteiger partial charge in [-0.25, -0.2) is 4.98 Å². The van der Waals surface area contributed by atoms with E-state index in [2.05, 4.69) is 29.8 Å². The molecule has 23 heavy (non-hydrogen) atoms. The van der Waals surface area contributed by atoms with Crippen molar-refractivity contribution >= 4 is 16.9 Å². The second kappa shape index (κ2) is 6.71. The van der Waals surface area contributed by atoms with E-state index in [4.69, 9.17) is 9.72 Å². The molecule has 1 unspecified atom stereocenters. The first-order valence-electron chi connectivity index (χ1n) is 8.38. The highest BCUT2D eigenvalue weighted by molar-refractivity contribution is 5.82. The van der Waals surface area contributed by atoms with Gasteiger partial charge in [0.05, 0.1) is 23.6 Å². The number of nitrogens with zero attached hydrogens (tertiary/aromatic N) is 2. The van der Waals surface area contributed by atoms with Crippen molar-refractivity contribution in [2.75, 3.05) is 13.2 Å². The number of amides is 1. The first-order chi connectivity index (χ1) is 11.0. The van der Waals surface area contributed by atoms with E-state index in [0.717, 1.165) is 41.9 Å². The molecule has 0 spiro atoms. The van der Waals surface area contributed by atoms with Crippen LogP contribution in [0.1, 0.15) is 44.0 Å². The first-order valence-corrected chi connectivity index (χ1v) is 8.38. The smallest absolute Gasteiger partial charge is 0.224 e. The molecule has 1 fully saturated rings. The van der Waals surface area contributed by atoms with Crippen LogP contribution in [0.4, 0.5) is 0 Å². The summed E-state index contributed by atoms with van der Waals surface area (Å²) in [5.74, 6) is 1.49. The number of hydrogen-bond acceptors (Lipinski definition) is 3. The van der Waals surface area contributed by atoms with Gasteiger partial charge in [0.2, 0.25) is 5.91 Å². The summed E-state index contributed by atoms with van der Waals surface area (Å²) in [7, 11) is 2.04. The van der Waals surface area contributed by atoms with Crippen molar-refractivity contribution in [2.24, 2.45) is 7.05 Å². The number of benzene rings is 1. The number of nitrogens with one attached hydrogen (secondary N) is 1. The lowest BCUT2D eigenvalue weighted by Crippen LogP contribution is -2.32. The topological polar surface area (TPSA) is 56.1 Å². The fraction of sp³-hybridized carbons (Fsp3) is 0.556. The predicted molar refractivity (Wildman–Crippen MR) is 90.5 cm³/mol. The summed E-state index contributed by atoms with van der Waals surface area (Å²) >= 11 is 0. The van der Waals surface area contributed by atoms with Gasteiger partial charge < -0.3 is 14.6 Å². The van der Waals surface area contributed by atoms with Gasteiger partial charge in [0.25, 0.3) is 0 Å². The fourth-order valence-electron chi connectivity index (χ4n) is 3.17. The Kier molecular flexibility index (Phi) is 4.66. The molecule has 3 rings (SSSR count). The maximum Gasteiger partial charge on any atom is 0.224 e. The van der Waals surface area contributed by atoms with Crippen LogP contribution in [0, 0.1) is 0 Å². The number of aromatic nitrogens is 2. The minimum absolute atomic E-state index is 0.0415. The summed E-state index contributed by atoms with van der Waals surface area (Å²) in [4.78, 5) is 16.8. The minimum Gasteiger partial charge on any atom is -0.376 e. The normalized spacial score (nSPS) is 18.0. The summed E-state index contributed by atoms with van der Waals surface area (Å²) in [5.41, 5.74) is 3.06. The predicted octanol–water partition coefficient (Wildman–Crippen LogP) is 2.53. The van der Waals surface area contributed by atoms with Crippen LogP contribution in [0.3, 0.4) is 0 Å². The largest absolute Gasteiger partial charge is 0.376 e. The van der Waals surface area contributed by atoms with Gasteiger partial charge in [0.15, 0.2) is 0 Å². The number of carbonyl (C=O) groups is 1. The van der Waals surface area contributed by atoms with Crippen LogP contribution >= 0.6 is 0 Å². The summed E-state index contributed by atoms with van der Waals surface area (Å²) in [6.07, 6.45) is 2.70. The lowest BCUT2D eigenvalue weighted by molar-refractivity contribution is -0.120. The van der Waals surface area contributed by atoms with E-state index < -0.39 is 0 Å². The highest BCUT2D eigenvalue weighted by atomic mass is 16.5.